The van der Waals surface area contributed by atoms with E-state index in [0.29, 0.717) is 17.3 Å². The molecule has 0 fully saturated rings. The Morgan fingerprint density at radius 2 is 1.78 bits per heavy atom. The number of nitrogens with zero attached hydrogens (tertiary/aromatic N) is 1. The van der Waals surface area contributed by atoms with Gasteiger partial charge in [0.2, 0.25) is 14.2 Å². The lowest BCUT2D eigenvalue weighted by Gasteiger charge is -2.13. The molecule has 1 amide bonds. The van der Waals surface area contributed by atoms with Gasteiger partial charge >= 0.3 is 0 Å². The van der Waals surface area contributed by atoms with Crippen LogP contribution in [-0.2, 0) is 14.6 Å². The summed E-state index contributed by atoms with van der Waals surface area (Å²) < 4.78 is 58.0. The second-order valence-electron chi connectivity index (χ2n) is 7.74. The third kappa shape index (κ3) is 6.01. The van der Waals surface area contributed by atoms with E-state index in [1.807, 2.05) is 0 Å². The molecule has 0 aliphatic heterocycles. The summed E-state index contributed by atoms with van der Waals surface area (Å²) in [4.78, 5) is 29.3. The zero-order chi connectivity index (χ0) is 26.7. The molecule has 3 aromatic carbocycles. The maximum absolute atomic E-state index is 13.6. The van der Waals surface area contributed by atoms with Crippen molar-refractivity contribution in [1.82, 2.24) is 4.98 Å². The summed E-state index contributed by atoms with van der Waals surface area (Å²) in [6.45, 7) is 1.11. The van der Waals surface area contributed by atoms with Gasteiger partial charge in [0.25, 0.3) is 5.91 Å². The first kappa shape index (κ1) is 26.4. The minimum Gasteiger partial charge on any atom is -0.483 e. The Balaban J connectivity index is 1.48. The van der Waals surface area contributed by atoms with E-state index in [-0.39, 0.29) is 31.1 Å². The van der Waals surface area contributed by atoms with Gasteiger partial charge in [0.05, 0.1) is 10.5 Å². The Hall–Kier alpha value is -3.67. The zero-order valence-corrected chi connectivity index (χ0v) is 21.4. The van der Waals surface area contributed by atoms with Crippen LogP contribution in [0.25, 0.3) is 0 Å². The van der Waals surface area contributed by atoms with Crippen molar-refractivity contribution in [3.05, 3.63) is 99.5 Å². The van der Waals surface area contributed by atoms with Gasteiger partial charge in [-0.1, -0.05) is 11.6 Å². The number of rotatable bonds is 8. The molecule has 4 rings (SSSR count). The minimum absolute atomic E-state index is 0.0177. The molecule has 0 spiro atoms. The third-order valence-corrected chi connectivity index (χ3v) is 8.28. The van der Waals surface area contributed by atoms with Gasteiger partial charge in [-0.15, -0.1) is 11.3 Å². The van der Waals surface area contributed by atoms with Crippen LogP contribution in [0.2, 0.25) is 5.02 Å². The van der Waals surface area contributed by atoms with Crippen molar-refractivity contribution < 1.29 is 31.5 Å². The maximum atomic E-state index is 13.6. The van der Waals surface area contributed by atoms with Crippen LogP contribution in [0.3, 0.4) is 0 Å². The molecule has 0 saturated carbocycles. The molecule has 0 aliphatic carbocycles. The van der Waals surface area contributed by atoms with E-state index in [0.717, 1.165) is 23.5 Å². The van der Waals surface area contributed by atoms with Crippen LogP contribution in [0.4, 0.5) is 14.5 Å². The summed E-state index contributed by atoms with van der Waals surface area (Å²) in [5.41, 5.74) is 0.506. The number of nitrogens with one attached hydrogen (secondary N) is 1. The minimum atomic E-state index is -3.77. The van der Waals surface area contributed by atoms with Crippen molar-refractivity contribution in [3.8, 4) is 5.75 Å². The fourth-order valence-corrected chi connectivity index (χ4v) is 5.84. The van der Waals surface area contributed by atoms with E-state index >= 15 is 0 Å². The summed E-state index contributed by atoms with van der Waals surface area (Å²) in [5.74, 6) is -3.20. The molecule has 1 N–H and O–H groups in total. The number of ketones is 1. The van der Waals surface area contributed by atoms with Gasteiger partial charge in [-0.2, -0.15) is 0 Å². The molecule has 4 aromatic rings. The molecule has 0 aliphatic rings. The van der Waals surface area contributed by atoms with Crippen molar-refractivity contribution >= 4 is 50.2 Å². The fraction of sp³-hybridized carbons (Fsp3) is 0.0800. The summed E-state index contributed by atoms with van der Waals surface area (Å²) in [7, 11) is -3.77. The number of ether oxygens (including phenoxy) is 1. The fourth-order valence-electron chi connectivity index (χ4n) is 3.36. The number of aryl methyl sites for hydroxylation is 1. The predicted octanol–water partition coefficient (Wildman–Crippen LogP) is 5.46. The first-order valence-corrected chi connectivity index (χ1v) is 13.3. The van der Waals surface area contributed by atoms with Crippen LogP contribution >= 0.6 is 22.9 Å². The number of thiazole rings is 1. The van der Waals surface area contributed by atoms with Crippen molar-refractivity contribution in [2.24, 2.45) is 0 Å². The van der Waals surface area contributed by atoms with E-state index in [4.69, 9.17) is 16.3 Å². The Morgan fingerprint density at radius 3 is 2.43 bits per heavy atom. The molecule has 190 valence electrons. The second kappa shape index (κ2) is 10.8. The van der Waals surface area contributed by atoms with Gasteiger partial charge in [0.1, 0.15) is 17.4 Å². The number of carbonyl (C=O) groups excluding carboxylic acids is 2. The van der Waals surface area contributed by atoms with E-state index < -0.39 is 39.8 Å². The highest BCUT2D eigenvalue weighted by Crippen LogP contribution is 2.28. The van der Waals surface area contributed by atoms with Gasteiger partial charge in [0.15, 0.2) is 12.4 Å². The van der Waals surface area contributed by atoms with Crippen LogP contribution in [0, 0.1) is 18.6 Å². The van der Waals surface area contributed by atoms with Crippen molar-refractivity contribution in [2.45, 2.75) is 16.2 Å². The lowest BCUT2D eigenvalue weighted by atomic mass is 10.0. The molecule has 37 heavy (non-hydrogen) atoms. The molecular formula is C25H17ClF2N2O5S2. The summed E-state index contributed by atoms with van der Waals surface area (Å²) in [6, 6.07) is 10.7. The quantitative estimate of drug-likeness (QED) is 0.286. The Kier molecular flexibility index (Phi) is 7.67. The molecule has 0 radical (unpaired) electrons. The van der Waals surface area contributed by atoms with Gasteiger partial charge in [-0.25, -0.2) is 22.2 Å². The zero-order valence-electron chi connectivity index (χ0n) is 19.0. The Bertz CT molecular complexity index is 1590. The average molecular weight is 563 g/mol. The molecule has 0 unspecified atom stereocenters. The molecule has 0 bridgehead atoms. The number of anilines is 1. The SMILES string of the molecule is Cc1cc(S(=O)(=O)c2nccs2)ccc1NC(=O)COc1ccc(Cl)cc1C(=O)c1cc(F)cc(F)c1. The van der Waals surface area contributed by atoms with Gasteiger partial charge in [0, 0.05) is 33.9 Å². The van der Waals surface area contributed by atoms with Crippen LogP contribution in [0.5, 0.6) is 5.75 Å². The van der Waals surface area contributed by atoms with E-state index in [1.54, 1.807) is 12.3 Å². The normalized spacial score (nSPS) is 11.2. The van der Waals surface area contributed by atoms with Crippen LogP contribution in [0.1, 0.15) is 21.5 Å². The Labute approximate surface area is 219 Å². The second-order valence-corrected chi connectivity index (χ2v) is 11.2. The van der Waals surface area contributed by atoms with Gasteiger partial charge in [-0.3, -0.25) is 9.59 Å². The van der Waals surface area contributed by atoms with E-state index in [1.165, 1.54) is 42.6 Å². The predicted molar refractivity (Wildman–Crippen MR) is 134 cm³/mol. The molecular weight excluding hydrogens is 546 g/mol. The topological polar surface area (TPSA) is 102 Å². The monoisotopic (exact) mass is 562 g/mol. The molecule has 0 atom stereocenters. The van der Waals surface area contributed by atoms with Crippen LogP contribution in [0.15, 0.2) is 75.4 Å². The third-order valence-electron chi connectivity index (χ3n) is 5.09. The summed E-state index contributed by atoms with van der Waals surface area (Å²) in [6.07, 6.45) is 1.40. The number of hydrogen-bond donors (Lipinski definition) is 1. The van der Waals surface area contributed by atoms with Crippen molar-refractivity contribution in [1.29, 1.82) is 0 Å². The van der Waals surface area contributed by atoms with Crippen molar-refractivity contribution in [3.63, 3.8) is 0 Å². The number of sulfone groups is 1. The lowest BCUT2D eigenvalue weighted by molar-refractivity contribution is -0.118. The highest BCUT2D eigenvalue weighted by atomic mass is 35.5. The number of halogens is 3. The molecule has 0 saturated heterocycles. The standard InChI is InChI=1S/C25H17ClF2N2O5S2/c1-14-8-19(37(33,34)25-29-6-7-36-25)3-4-21(14)30-23(31)13-35-22-5-2-16(26)11-20(22)24(32)15-9-17(27)12-18(28)10-15/h2-12H,13H2,1H3,(H,30,31). The highest BCUT2D eigenvalue weighted by molar-refractivity contribution is 7.93. The van der Waals surface area contributed by atoms with E-state index in [2.05, 4.69) is 10.3 Å². The Morgan fingerprint density at radius 1 is 1.05 bits per heavy atom. The largest absolute Gasteiger partial charge is 0.483 e. The van der Waals surface area contributed by atoms with Gasteiger partial charge < -0.3 is 10.1 Å². The number of aromatic nitrogens is 1. The first-order valence-electron chi connectivity index (χ1n) is 10.5. The summed E-state index contributed by atoms with van der Waals surface area (Å²) in [5, 5.41) is 4.36. The van der Waals surface area contributed by atoms with Crippen molar-refractivity contribution in [2.75, 3.05) is 11.9 Å². The smallest absolute Gasteiger partial charge is 0.262 e. The number of hydrogen-bond acceptors (Lipinski definition) is 7. The lowest BCUT2D eigenvalue weighted by Crippen LogP contribution is -2.21. The highest BCUT2D eigenvalue weighted by Gasteiger charge is 2.22. The van der Waals surface area contributed by atoms with E-state index in [9.17, 15) is 26.8 Å². The molecule has 1 aromatic heterocycles. The molecule has 1 heterocycles. The summed E-state index contributed by atoms with van der Waals surface area (Å²) >= 11 is 6.99. The molecule has 12 heteroatoms. The number of benzene rings is 3. The number of carbonyl (C=O) groups is 2. The maximum Gasteiger partial charge on any atom is 0.262 e. The average Bonchev–Trinajstić information content (AvgIpc) is 3.39. The number of amides is 1. The first-order chi connectivity index (χ1) is 17.5. The van der Waals surface area contributed by atoms with Crippen LogP contribution in [-0.4, -0.2) is 31.7 Å². The van der Waals surface area contributed by atoms with Crippen LogP contribution < -0.4 is 10.1 Å². The molecule has 7 nitrogen and oxygen atoms in total. The van der Waals surface area contributed by atoms with Gasteiger partial charge in [-0.05, 0) is 61.0 Å².